The van der Waals surface area contributed by atoms with Crippen LogP contribution in [0.2, 0.25) is 0 Å². The second kappa shape index (κ2) is 4.51. The summed E-state index contributed by atoms with van der Waals surface area (Å²) in [7, 11) is 0. The zero-order chi connectivity index (χ0) is 12.3. The lowest BCUT2D eigenvalue weighted by molar-refractivity contribution is -0.137. The van der Waals surface area contributed by atoms with Crippen molar-refractivity contribution in [1.29, 1.82) is 0 Å². The molecule has 6 heteroatoms. The van der Waals surface area contributed by atoms with Crippen molar-refractivity contribution in [3.8, 4) is 0 Å². The van der Waals surface area contributed by atoms with Gasteiger partial charge in [0.2, 0.25) is 0 Å². The molecule has 16 heavy (non-hydrogen) atoms. The van der Waals surface area contributed by atoms with E-state index < -0.39 is 29.1 Å². The largest absolute Gasteiger partial charge is 0.462 e. The van der Waals surface area contributed by atoms with Crippen molar-refractivity contribution in [3.63, 3.8) is 0 Å². The zero-order valence-electron chi connectivity index (χ0n) is 8.27. The number of alkyl halides is 3. The Morgan fingerprint density at radius 1 is 1.38 bits per heavy atom. The normalized spacial score (nSPS) is 11.3. The van der Waals surface area contributed by atoms with Gasteiger partial charge in [0.05, 0.1) is 17.7 Å². The molecule has 1 rings (SSSR count). The molecule has 0 amide bonds. The van der Waals surface area contributed by atoms with Gasteiger partial charge in [-0.1, -0.05) is 0 Å². The van der Waals surface area contributed by atoms with Crippen molar-refractivity contribution in [1.82, 2.24) is 0 Å². The van der Waals surface area contributed by atoms with Crippen LogP contribution >= 0.6 is 0 Å². The van der Waals surface area contributed by atoms with Crippen LogP contribution in [0.4, 0.5) is 17.6 Å². The maximum absolute atomic E-state index is 13.2. The van der Waals surface area contributed by atoms with Crippen LogP contribution in [0, 0.1) is 5.82 Å². The minimum Gasteiger partial charge on any atom is -0.462 e. The van der Waals surface area contributed by atoms with E-state index in [1.165, 1.54) is 6.92 Å². The first-order chi connectivity index (χ1) is 7.36. The highest BCUT2D eigenvalue weighted by molar-refractivity contribution is 5.89. The SMILES string of the molecule is CCOC(=O)c1ccc(C(F)(F)F)cc1F. The molecule has 0 saturated heterocycles. The average molecular weight is 236 g/mol. The van der Waals surface area contributed by atoms with E-state index in [0.717, 1.165) is 6.07 Å². The molecule has 1 aromatic carbocycles. The fourth-order valence-corrected chi connectivity index (χ4v) is 1.07. The molecule has 1 aromatic rings. The van der Waals surface area contributed by atoms with Gasteiger partial charge in [-0.15, -0.1) is 0 Å². The fraction of sp³-hybridized carbons (Fsp3) is 0.300. The van der Waals surface area contributed by atoms with E-state index in [4.69, 9.17) is 0 Å². The first kappa shape index (κ1) is 12.5. The molecule has 0 heterocycles. The number of carbonyl (C=O) groups is 1. The Morgan fingerprint density at radius 3 is 2.44 bits per heavy atom. The van der Waals surface area contributed by atoms with Crippen LogP contribution in [-0.2, 0) is 10.9 Å². The van der Waals surface area contributed by atoms with Crippen molar-refractivity contribution in [2.75, 3.05) is 6.61 Å². The van der Waals surface area contributed by atoms with Crippen LogP contribution in [0.1, 0.15) is 22.8 Å². The lowest BCUT2D eigenvalue weighted by Crippen LogP contribution is -2.10. The lowest BCUT2D eigenvalue weighted by atomic mass is 10.1. The van der Waals surface area contributed by atoms with Gasteiger partial charge < -0.3 is 4.74 Å². The zero-order valence-corrected chi connectivity index (χ0v) is 8.27. The first-order valence-corrected chi connectivity index (χ1v) is 4.40. The molecule has 0 unspecified atom stereocenters. The number of rotatable bonds is 2. The number of carbonyl (C=O) groups excluding carboxylic acids is 1. The highest BCUT2D eigenvalue weighted by Crippen LogP contribution is 2.30. The van der Waals surface area contributed by atoms with E-state index in [-0.39, 0.29) is 12.7 Å². The molecule has 88 valence electrons. The molecule has 2 nitrogen and oxygen atoms in total. The lowest BCUT2D eigenvalue weighted by Gasteiger charge is -2.08. The van der Waals surface area contributed by atoms with Crippen LogP contribution in [0.3, 0.4) is 0 Å². The predicted molar refractivity (Wildman–Crippen MR) is 47.4 cm³/mol. The van der Waals surface area contributed by atoms with Gasteiger partial charge in [-0.25, -0.2) is 9.18 Å². The van der Waals surface area contributed by atoms with Crippen LogP contribution in [0.15, 0.2) is 18.2 Å². The third-order valence-electron chi connectivity index (χ3n) is 1.79. The highest BCUT2D eigenvalue weighted by atomic mass is 19.4. The molecule has 0 atom stereocenters. The minimum atomic E-state index is -4.63. The van der Waals surface area contributed by atoms with Gasteiger partial charge in [0, 0.05) is 0 Å². The topological polar surface area (TPSA) is 26.3 Å². The van der Waals surface area contributed by atoms with E-state index in [9.17, 15) is 22.4 Å². The van der Waals surface area contributed by atoms with Crippen molar-refractivity contribution >= 4 is 5.97 Å². The van der Waals surface area contributed by atoms with Gasteiger partial charge in [-0.05, 0) is 25.1 Å². The molecule has 0 aliphatic rings. The minimum absolute atomic E-state index is 0.0271. The second-order valence-electron chi connectivity index (χ2n) is 2.91. The van der Waals surface area contributed by atoms with E-state index >= 15 is 0 Å². The van der Waals surface area contributed by atoms with E-state index in [0.29, 0.717) is 6.07 Å². The first-order valence-electron chi connectivity index (χ1n) is 4.40. The molecule has 0 N–H and O–H groups in total. The van der Waals surface area contributed by atoms with Crippen molar-refractivity contribution in [2.45, 2.75) is 13.1 Å². The maximum Gasteiger partial charge on any atom is 0.416 e. The smallest absolute Gasteiger partial charge is 0.416 e. The Hall–Kier alpha value is -1.59. The molecular formula is C10H8F4O2. The second-order valence-corrected chi connectivity index (χ2v) is 2.91. The van der Waals surface area contributed by atoms with E-state index in [1.54, 1.807) is 0 Å². The molecule has 0 aliphatic heterocycles. The van der Waals surface area contributed by atoms with Crippen LogP contribution in [-0.4, -0.2) is 12.6 Å². The molecule has 0 aliphatic carbocycles. The van der Waals surface area contributed by atoms with Gasteiger partial charge in [-0.2, -0.15) is 13.2 Å². The molecule has 0 saturated carbocycles. The Labute approximate surface area is 88.8 Å². The van der Waals surface area contributed by atoms with Gasteiger partial charge in [0.25, 0.3) is 0 Å². The van der Waals surface area contributed by atoms with Crippen LogP contribution in [0.5, 0.6) is 0 Å². The molecule has 0 bridgehead atoms. The standard InChI is InChI=1S/C10H8F4O2/c1-2-16-9(15)7-4-3-6(5-8(7)11)10(12,13)14/h3-5H,2H2,1H3. The van der Waals surface area contributed by atoms with Crippen LogP contribution in [0.25, 0.3) is 0 Å². The number of hydrogen-bond acceptors (Lipinski definition) is 2. The van der Waals surface area contributed by atoms with Crippen molar-refractivity contribution in [2.24, 2.45) is 0 Å². The summed E-state index contributed by atoms with van der Waals surface area (Å²) in [5.74, 6) is -2.22. The molecule has 0 fully saturated rings. The summed E-state index contributed by atoms with van der Waals surface area (Å²) in [5.41, 5.74) is -1.65. The summed E-state index contributed by atoms with van der Waals surface area (Å²) in [6.45, 7) is 1.54. The summed E-state index contributed by atoms with van der Waals surface area (Å²) >= 11 is 0. The van der Waals surface area contributed by atoms with E-state index in [2.05, 4.69) is 4.74 Å². The van der Waals surface area contributed by atoms with Gasteiger partial charge in [-0.3, -0.25) is 0 Å². The van der Waals surface area contributed by atoms with Gasteiger partial charge >= 0.3 is 12.1 Å². The Kier molecular flexibility index (Phi) is 3.51. The quantitative estimate of drug-likeness (QED) is 0.582. The third kappa shape index (κ3) is 2.71. The predicted octanol–water partition coefficient (Wildman–Crippen LogP) is 3.02. The molecular weight excluding hydrogens is 228 g/mol. The summed E-state index contributed by atoms with van der Waals surface area (Å²) in [5, 5.41) is 0. The Balaban J connectivity index is 3.05. The van der Waals surface area contributed by atoms with Crippen molar-refractivity contribution < 1.29 is 27.1 Å². The Bertz CT molecular complexity index is 398. The van der Waals surface area contributed by atoms with E-state index in [1.807, 2.05) is 0 Å². The molecule has 0 spiro atoms. The summed E-state index contributed by atoms with van der Waals surface area (Å²) in [4.78, 5) is 11.1. The van der Waals surface area contributed by atoms with Gasteiger partial charge in [0.1, 0.15) is 5.82 Å². The molecule has 0 radical (unpaired) electrons. The van der Waals surface area contributed by atoms with Crippen LogP contribution < -0.4 is 0 Å². The maximum atomic E-state index is 13.2. The van der Waals surface area contributed by atoms with Crippen molar-refractivity contribution in [3.05, 3.63) is 35.1 Å². The average Bonchev–Trinajstić information content (AvgIpc) is 2.16. The van der Waals surface area contributed by atoms with Gasteiger partial charge in [0.15, 0.2) is 0 Å². The third-order valence-corrected chi connectivity index (χ3v) is 1.79. The highest BCUT2D eigenvalue weighted by Gasteiger charge is 2.31. The summed E-state index contributed by atoms with van der Waals surface area (Å²) < 4.78 is 54.1. The Morgan fingerprint density at radius 2 is 2.00 bits per heavy atom. The fourth-order valence-electron chi connectivity index (χ4n) is 1.07. The monoisotopic (exact) mass is 236 g/mol. The summed E-state index contributed by atoms with van der Waals surface area (Å²) in [6, 6.07) is 1.66. The number of hydrogen-bond donors (Lipinski definition) is 0. The number of ether oxygens (including phenoxy) is 1. The summed E-state index contributed by atoms with van der Waals surface area (Å²) in [6.07, 6.45) is -4.63. The number of esters is 1. The number of halogens is 4. The molecule has 0 aromatic heterocycles. The number of benzene rings is 1.